The number of hydrogen-bond acceptors (Lipinski definition) is 5. The number of para-hydroxylation sites is 2. The number of benzene rings is 2. The molecule has 0 aliphatic carbocycles. The van der Waals surface area contributed by atoms with Crippen LogP contribution in [0.1, 0.15) is 18.9 Å². The van der Waals surface area contributed by atoms with E-state index in [1.165, 1.54) is 12.1 Å². The molecule has 0 heterocycles. The summed E-state index contributed by atoms with van der Waals surface area (Å²) in [5.41, 5.74) is 0.985. The quantitative estimate of drug-likeness (QED) is 0.584. The Morgan fingerprint density at radius 1 is 1.20 bits per heavy atom. The van der Waals surface area contributed by atoms with Crippen LogP contribution in [0.15, 0.2) is 42.5 Å². The van der Waals surface area contributed by atoms with Crippen LogP contribution >= 0.6 is 0 Å². The average molecular weight is 344 g/mol. The monoisotopic (exact) mass is 344 g/mol. The molecule has 0 atom stereocenters. The maximum absolute atomic E-state index is 12.1. The molecule has 2 aromatic rings. The smallest absolute Gasteiger partial charge is 0.292 e. The Bertz CT molecular complexity index is 761. The Balaban J connectivity index is 2.00. The molecule has 2 rings (SSSR count). The number of rotatable bonds is 8. The van der Waals surface area contributed by atoms with Gasteiger partial charge in [-0.2, -0.15) is 0 Å². The molecule has 0 spiro atoms. The number of hydrogen-bond donors (Lipinski definition) is 1. The molecular weight excluding hydrogens is 324 g/mol. The van der Waals surface area contributed by atoms with Crippen molar-refractivity contribution in [3.8, 4) is 11.5 Å². The Morgan fingerprint density at radius 3 is 2.64 bits per heavy atom. The first-order valence-electron chi connectivity index (χ1n) is 7.88. The Labute approximate surface area is 145 Å². The lowest BCUT2D eigenvalue weighted by molar-refractivity contribution is -0.383. The fraction of sp³-hybridized carbons (Fsp3) is 0.278. The predicted molar refractivity (Wildman–Crippen MR) is 94.2 cm³/mol. The summed E-state index contributed by atoms with van der Waals surface area (Å²) in [6.07, 6.45) is 0.679. The van der Waals surface area contributed by atoms with E-state index in [2.05, 4.69) is 5.32 Å². The second-order valence-electron chi connectivity index (χ2n) is 5.24. The van der Waals surface area contributed by atoms with Gasteiger partial charge < -0.3 is 14.8 Å². The first-order chi connectivity index (χ1) is 12.0. The maximum Gasteiger partial charge on any atom is 0.292 e. The van der Waals surface area contributed by atoms with Gasteiger partial charge in [-0.3, -0.25) is 14.9 Å². The van der Waals surface area contributed by atoms with Gasteiger partial charge in [0.1, 0.15) is 5.69 Å². The molecule has 132 valence electrons. The standard InChI is InChI=1S/C18H20N2O5/c1-3-25-16-10-8-13(12-17(16)24-2)9-11-18(21)19-14-6-4-5-7-15(14)20(22)23/h4-8,10,12H,3,9,11H2,1-2H3,(H,19,21). The van der Waals surface area contributed by atoms with Crippen LogP contribution in [-0.2, 0) is 11.2 Å². The molecule has 25 heavy (non-hydrogen) atoms. The summed E-state index contributed by atoms with van der Waals surface area (Å²) in [6, 6.07) is 11.6. The molecule has 0 saturated carbocycles. The molecule has 0 saturated heterocycles. The average Bonchev–Trinajstić information content (AvgIpc) is 2.61. The van der Waals surface area contributed by atoms with E-state index < -0.39 is 4.92 Å². The van der Waals surface area contributed by atoms with Crippen molar-refractivity contribution < 1.29 is 19.2 Å². The largest absolute Gasteiger partial charge is 0.493 e. The van der Waals surface area contributed by atoms with Crippen molar-refractivity contribution >= 4 is 17.3 Å². The molecule has 0 fully saturated rings. The summed E-state index contributed by atoms with van der Waals surface area (Å²) in [5, 5.41) is 13.6. The Hall–Kier alpha value is -3.09. The zero-order chi connectivity index (χ0) is 18.2. The van der Waals surface area contributed by atoms with E-state index in [1.54, 1.807) is 25.3 Å². The molecule has 2 aromatic carbocycles. The number of ether oxygens (including phenoxy) is 2. The third-order valence-corrected chi connectivity index (χ3v) is 3.54. The van der Waals surface area contributed by atoms with Crippen molar-refractivity contribution in [3.63, 3.8) is 0 Å². The lowest BCUT2D eigenvalue weighted by Gasteiger charge is -2.11. The minimum Gasteiger partial charge on any atom is -0.493 e. The number of nitro groups is 1. The van der Waals surface area contributed by atoms with E-state index in [1.807, 2.05) is 19.1 Å². The SMILES string of the molecule is CCOc1ccc(CCC(=O)Nc2ccccc2[N+](=O)[O-])cc1OC. The van der Waals surface area contributed by atoms with Gasteiger partial charge in [0.15, 0.2) is 11.5 Å². The molecule has 7 heteroatoms. The van der Waals surface area contributed by atoms with Crippen LogP contribution < -0.4 is 14.8 Å². The first-order valence-corrected chi connectivity index (χ1v) is 7.88. The Kier molecular flexibility index (Phi) is 6.33. The first kappa shape index (κ1) is 18.3. The van der Waals surface area contributed by atoms with Crippen molar-refractivity contribution in [2.75, 3.05) is 19.0 Å². The molecule has 0 aliphatic rings. The highest BCUT2D eigenvalue weighted by atomic mass is 16.6. The van der Waals surface area contributed by atoms with Crippen molar-refractivity contribution in [2.45, 2.75) is 19.8 Å². The van der Waals surface area contributed by atoms with Gasteiger partial charge in [-0.25, -0.2) is 0 Å². The molecule has 0 aromatic heterocycles. The van der Waals surface area contributed by atoms with Crippen molar-refractivity contribution in [2.24, 2.45) is 0 Å². The molecular formula is C18H20N2O5. The van der Waals surface area contributed by atoms with Gasteiger partial charge in [0.25, 0.3) is 5.69 Å². The Morgan fingerprint density at radius 2 is 1.96 bits per heavy atom. The lowest BCUT2D eigenvalue weighted by Crippen LogP contribution is -2.13. The number of methoxy groups -OCH3 is 1. The van der Waals surface area contributed by atoms with Crippen LogP contribution in [0.2, 0.25) is 0 Å². The zero-order valence-electron chi connectivity index (χ0n) is 14.2. The fourth-order valence-electron chi connectivity index (χ4n) is 2.35. The molecule has 7 nitrogen and oxygen atoms in total. The molecule has 0 unspecified atom stereocenters. The van der Waals surface area contributed by atoms with E-state index >= 15 is 0 Å². The van der Waals surface area contributed by atoms with Gasteiger partial charge in [-0.05, 0) is 37.1 Å². The normalized spacial score (nSPS) is 10.2. The number of aryl methyl sites for hydroxylation is 1. The van der Waals surface area contributed by atoms with E-state index in [9.17, 15) is 14.9 Å². The summed E-state index contributed by atoms with van der Waals surface area (Å²) in [4.78, 5) is 22.5. The second kappa shape index (κ2) is 8.68. The molecule has 1 N–H and O–H groups in total. The summed E-state index contributed by atoms with van der Waals surface area (Å²) < 4.78 is 10.7. The van der Waals surface area contributed by atoms with Crippen LogP contribution in [0, 0.1) is 10.1 Å². The van der Waals surface area contributed by atoms with E-state index in [4.69, 9.17) is 9.47 Å². The van der Waals surface area contributed by atoms with E-state index in [-0.39, 0.29) is 23.7 Å². The van der Waals surface area contributed by atoms with E-state index in [0.717, 1.165) is 5.56 Å². The van der Waals surface area contributed by atoms with Gasteiger partial charge in [-0.15, -0.1) is 0 Å². The number of nitrogens with one attached hydrogen (secondary N) is 1. The van der Waals surface area contributed by atoms with Gasteiger partial charge >= 0.3 is 0 Å². The topological polar surface area (TPSA) is 90.7 Å². The zero-order valence-corrected chi connectivity index (χ0v) is 14.2. The van der Waals surface area contributed by atoms with Crippen LogP contribution in [0.4, 0.5) is 11.4 Å². The third-order valence-electron chi connectivity index (χ3n) is 3.54. The van der Waals surface area contributed by atoms with Crippen molar-refractivity contribution in [1.29, 1.82) is 0 Å². The number of nitro benzene ring substituents is 1. The van der Waals surface area contributed by atoms with Crippen LogP contribution in [0.3, 0.4) is 0 Å². The molecule has 0 radical (unpaired) electrons. The third kappa shape index (κ3) is 4.94. The molecule has 0 bridgehead atoms. The van der Waals surface area contributed by atoms with Gasteiger partial charge in [-0.1, -0.05) is 18.2 Å². The maximum atomic E-state index is 12.1. The summed E-state index contributed by atoms with van der Waals surface area (Å²) in [7, 11) is 1.56. The van der Waals surface area contributed by atoms with Crippen molar-refractivity contribution in [1.82, 2.24) is 0 Å². The van der Waals surface area contributed by atoms with E-state index in [0.29, 0.717) is 24.5 Å². The van der Waals surface area contributed by atoms with Crippen LogP contribution in [-0.4, -0.2) is 24.5 Å². The second-order valence-corrected chi connectivity index (χ2v) is 5.24. The van der Waals surface area contributed by atoms with Crippen LogP contribution in [0.25, 0.3) is 0 Å². The highest BCUT2D eigenvalue weighted by molar-refractivity contribution is 5.93. The summed E-state index contributed by atoms with van der Waals surface area (Å²) in [5.74, 6) is 0.971. The summed E-state index contributed by atoms with van der Waals surface area (Å²) in [6.45, 7) is 2.43. The van der Waals surface area contributed by atoms with Gasteiger partial charge in [0, 0.05) is 12.5 Å². The van der Waals surface area contributed by atoms with Gasteiger partial charge in [0.05, 0.1) is 18.6 Å². The summed E-state index contributed by atoms with van der Waals surface area (Å²) >= 11 is 0. The number of anilines is 1. The van der Waals surface area contributed by atoms with Gasteiger partial charge in [0.2, 0.25) is 5.91 Å². The van der Waals surface area contributed by atoms with Crippen molar-refractivity contribution in [3.05, 3.63) is 58.1 Å². The number of nitrogens with zero attached hydrogens (tertiary/aromatic N) is 1. The number of amides is 1. The highest BCUT2D eigenvalue weighted by Gasteiger charge is 2.15. The highest BCUT2D eigenvalue weighted by Crippen LogP contribution is 2.28. The minimum atomic E-state index is -0.521. The molecule has 0 aliphatic heterocycles. The number of carbonyl (C=O) groups excluding carboxylic acids is 1. The number of carbonyl (C=O) groups is 1. The lowest BCUT2D eigenvalue weighted by atomic mass is 10.1. The minimum absolute atomic E-state index is 0.126. The fourth-order valence-corrected chi connectivity index (χ4v) is 2.35. The van der Waals surface area contributed by atoms with Crippen LogP contribution in [0.5, 0.6) is 11.5 Å². The molecule has 1 amide bonds. The predicted octanol–water partition coefficient (Wildman–Crippen LogP) is 3.57.